The SMILES string of the molecule is COCCOc1ncccc1C(=O)NCC(C)(C)c1ccc(C)cc1. The molecule has 0 spiro atoms. The van der Waals surface area contributed by atoms with Gasteiger partial charge in [0.05, 0.1) is 6.61 Å². The zero-order chi connectivity index (χ0) is 18.3. The molecule has 25 heavy (non-hydrogen) atoms. The number of carbonyl (C=O) groups excluding carboxylic acids is 1. The fourth-order valence-electron chi connectivity index (χ4n) is 2.40. The van der Waals surface area contributed by atoms with Gasteiger partial charge in [-0.1, -0.05) is 43.7 Å². The maximum atomic E-state index is 12.6. The van der Waals surface area contributed by atoms with E-state index < -0.39 is 0 Å². The molecule has 0 atom stereocenters. The highest BCUT2D eigenvalue weighted by Crippen LogP contribution is 2.23. The van der Waals surface area contributed by atoms with Crippen LogP contribution in [-0.4, -0.2) is 37.8 Å². The van der Waals surface area contributed by atoms with Gasteiger partial charge in [0.1, 0.15) is 12.2 Å². The van der Waals surface area contributed by atoms with Crippen molar-refractivity contribution in [1.29, 1.82) is 0 Å². The van der Waals surface area contributed by atoms with Crippen LogP contribution in [0.5, 0.6) is 5.88 Å². The molecule has 1 N–H and O–H groups in total. The number of hydrogen-bond acceptors (Lipinski definition) is 4. The molecule has 0 bridgehead atoms. The maximum absolute atomic E-state index is 12.6. The Kier molecular flexibility index (Phi) is 6.53. The lowest BCUT2D eigenvalue weighted by Crippen LogP contribution is -2.37. The van der Waals surface area contributed by atoms with E-state index >= 15 is 0 Å². The molecule has 1 heterocycles. The third kappa shape index (κ3) is 5.29. The molecule has 0 unspecified atom stereocenters. The summed E-state index contributed by atoms with van der Waals surface area (Å²) in [6, 6.07) is 11.8. The molecule has 5 nitrogen and oxygen atoms in total. The van der Waals surface area contributed by atoms with Crippen LogP contribution in [0.3, 0.4) is 0 Å². The number of nitrogens with zero attached hydrogens (tertiary/aromatic N) is 1. The van der Waals surface area contributed by atoms with Crippen LogP contribution in [0.4, 0.5) is 0 Å². The van der Waals surface area contributed by atoms with Crippen LogP contribution in [0.2, 0.25) is 0 Å². The Bertz CT molecular complexity index is 696. The maximum Gasteiger partial charge on any atom is 0.256 e. The summed E-state index contributed by atoms with van der Waals surface area (Å²) < 4.78 is 10.5. The van der Waals surface area contributed by atoms with E-state index in [1.54, 1.807) is 25.4 Å². The number of rotatable bonds is 8. The quantitative estimate of drug-likeness (QED) is 0.749. The fourth-order valence-corrected chi connectivity index (χ4v) is 2.40. The molecule has 0 saturated carbocycles. The number of pyridine rings is 1. The Balaban J connectivity index is 2.03. The second kappa shape index (κ2) is 8.62. The first-order valence-corrected chi connectivity index (χ1v) is 8.36. The molecule has 1 amide bonds. The Labute approximate surface area is 149 Å². The Morgan fingerprint density at radius 1 is 1.16 bits per heavy atom. The van der Waals surface area contributed by atoms with Gasteiger partial charge in [-0.2, -0.15) is 0 Å². The second-order valence-electron chi connectivity index (χ2n) is 6.63. The van der Waals surface area contributed by atoms with Crippen LogP contribution in [-0.2, 0) is 10.2 Å². The van der Waals surface area contributed by atoms with Crippen molar-refractivity contribution in [1.82, 2.24) is 10.3 Å². The van der Waals surface area contributed by atoms with Gasteiger partial charge >= 0.3 is 0 Å². The number of nitrogens with one attached hydrogen (secondary N) is 1. The van der Waals surface area contributed by atoms with E-state index in [1.165, 1.54) is 11.1 Å². The highest BCUT2D eigenvalue weighted by molar-refractivity contribution is 5.96. The summed E-state index contributed by atoms with van der Waals surface area (Å²) in [4.78, 5) is 16.7. The monoisotopic (exact) mass is 342 g/mol. The molecule has 0 aliphatic rings. The van der Waals surface area contributed by atoms with E-state index in [2.05, 4.69) is 55.3 Å². The molecule has 0 aliphatic heterocycles. The number of methoxy groups -OCH3 is 1. The predicted molar refractivity (Wildman–Crippen MR) is 98.1 cm³/mol. The summed E-state index contributed by atoms with van der Waals surface area (Å²) in [5.74, 6) is 0.130. The van der Waals surface area contributed by atoms with Gasteiger partial charge in [0, 0.05) is 25.3 Å². The van der Waals surface area contributed by atoms with Crippen LogP contribution < -0.4 is 10.1 Å². The standard InChI is InChI=1S/C20H26N2O3/c1-15-7-9-16(10-8-15)20(2,3)14-22-18(23)17-6-5-11-21-19(17)25-13-12-24-4/h5-11H,12-14H2,1-4H3,(H,22,23). The summed E-state index contributed by atoms with van der Waals surface area (Å²) in [5.41, 5.74) is 2.65. The molecular formula is C20H26N2O3. The summed E-state index contributed by atoms with van der Waals surface area (Å²) in [6.45, 7) is 7.59. The summed E-state index contributed by atoms with van der Waals surface area (Å²) >= 11 is 0. The number of ether oxygens (including phenoxy) is 2. The fraction of sp³-hybridized carbons (Fsp3) is 0.400. The normalized spacial score (nSPS) is 11.2. The molecule has 2 aromatic rings. The summed E-state index contributed by atoms with van der Waals surface area (Å²) in [6.07, 6.45) is 1.61. The van der Waals surface area contributed by atoms with Crippen molar-refractivity contribution in [2.24, 2.45) is 0 Å². The average Bonchev–Trinajstić information content (AvgIpc) is 2.61. The smallest absolute Gasteiger partial charge is 0.256 e. The Hall–Kier alpha value is -2.40. The Morgan fingerprint density at radius 2 is 1.88 bits per heavy atom. The number of carbonyl (C=O) groups is 1. The highest BCUT2D eigenvalue weighted by atomic mass is 16.5. The molecular weight excluding hydrogens is 316 g/mol. The van der Waals surface area contributed by atoms with Crippen molar-refractivity contribution >= 4 is 5.91 Å². The lowest BCUT2D eigenvalue weighted by Gasteiger charge is -2.26. The van der Waals surface area contributed by atoms with Crippen LogP contribution in [0.1, 0.15) is 35.3 Å². The number of aryl methyl sites for hydroxylation is 1. The predicted octanol–water partition coefficient (Wildman–Crippen LogP) is 3.12. The van der Waals surface area contributed by atoms with Crippen molar-refractivity contribution < 1.29 is 14.3 Å². The van der Waals surface area contributed by atoms with Gasteiger partial charge in [0.25, 0.3) is 5.91 Å². The van der Waals surface area contributed by atoms with Gasteiger partial charge in [-0.05, 0) is 24.6 Å². The number of benzene rings is 1. The first-order chi connectivity index (χ1) is 11.9. The minimum atomic E-state index is -0.194. The van der Waals surface area contributed by atoms with Crippen LogP contribution in [0.15, 0.2) is 42.6 Å². The second-order valence-corrected chi connectivity index (χ2v) is 6.63. The molecule has 134 valence electrons. The van der Waals surface area contributed by atoms with Crippen LogP contribution in [0, 0.1) is 6.92 Å². The van der Waals surface area contributed by atoms with Gasteiger partial charge in [0.2, 0.25) is 5.88 Å². The molecule has 0 fully saturated rings. The van der Waals surface area contributed by atoms with Crippen molar-refractivity contribution in [2.75, 3.05) is 26.9 Å². The minimum Gasteiger partial charge on any atom is -0.475 e. The lowest BCUT2D eigenvalue weighted by atomic mass is 9.84. The molecule has 0 aliphatic carbocycles. The highest BCUT2D eigenvalue weighted by Gasteiger charge is 2.22. The van der Waals surface area contributed by atoms with Crippen molar-refractivity contribution in [3.8, 4) is 5.88 Å². The number of aromatic nitrogens is 1. The van der Waals surface area contributed by atoms with E-state index in [-0.39, 0.29) is 11.3 Å². The first kappa shape index (κ1) is 18.9. The molecule has 5 heteroatoms. The van der Waals surface area contributed by atoms with E-state index in [9.17, 15) is 4.79 Å². The van der Waals surface area contributed by atoms with E-state index in [0.717, 1.165) is 0 Å². The van der Waals surface area contributed by atoms with Gasteiger partial charge < -0.3 is 14.8 Å². The molecule has 1 aromatic heterocycles. The molecule has 0 radical (unpaired) electrons. The number of amides is 1. The molecule has 0 saturated heterocycles. The van der Waals surface area contributed by atoms with E-state index in [0.29, 0.717) is 31.2 Å². The van der Waals surface area contributed by atoms with Crippen molar-refractivity contribution in [2.45, 2.75) is 26.2 Å². The zero-order valence-corrected chi connectivity index (χ0v) is 15.3. The largest absolute Gasteiger partial charge is 0.475 e. The first-order valence-electron chi connectivity index (χ1n) is 8.36. The third-order valence-corrected chi connectivity index (χ3v) is 4.07. The summed E-state index contributed by atoms with van der Waals surface area (Å²) in [7, 11) is 1.60. The molecule has 2 rings (SSSR count). The molecule has 1 aromatic carbocycles. The van der Waals surface area contributed by atoms with E-state index in [4.69, 9.17) is 9.47 Å². The van der Waals surface area contributed by atoms with Crippen LogP contribution >= 0.6 is 0 Å². The van der Waals surface area contributed by atoms with Crippen LogP contribution in [0.25, 0.3) is 0 Å². The Morgan fingerprint density at radius 3 is 2.56 bits per heavy atom. The number of hydrogen-bond donors (Lipinski definition) is 1. The zero-order valence-electron chi connectivity index (χ0n) is 15.3. The van der Waals surface area contributed by atoms with Gasteiger partial charge in [-0.3, -0.25) is 4.79 Å². The van der Waals surface area contributed by atoms with Gasteiger partial charge in [0.15, 0.2) is 0 Å². The summed E-state index contributed by atoms with van der Waals surface area (Å²) in [5, 5.41) is 2.99. The van der Waals surface area contributed by atoms with Gasteiger partial charge in [-0.25, -0.2) is 4.98 Å². The average molecular weight is 342 g/mol. The van der Waals surface area contributed by atoms with Crippen molar-refractivity contribution in [3.05, 3.63) is 59.3 Å². The van der Waals surface area contributed by atoms with Gasteiger partial charge in [-0.15, -0.1) is 0 Å². The minimum absolute atomic E-state index is 0.178. The third-order valence-electron chi connectivity index (χ3n) is 4.07. The van der Waals surface area contributed by atoms with Crippen molar-refractivity contribution in [3.63, 3.8) is 0 Å². The van der Waals surface area contributed by atoms with E-state index in [1.807, 2.05) is 0 Å². The lowest BCUT2D eigenvalue weighted by molar-refractivity contribution is 0.0936. The topological polar surface area (TPSA) is 60.5 Å².